The van der Waals surface area contributed by atoms with Crippen LogP contribution in [-0.4, -0.2) is 55.0 Å². The second kappa shape index (κ2) is 10.7. The number of hydrogen-bond donors (Lipinski definition) is 1. The van der Waals surface area contributed by atoms with Crippen molar-refractivity contribution in [1.82, 2.24) is 14.0 Å². The number of aromatic nitrogens is 2. The number of piperidine rings is 1. The standard InChI is InChI=1S/C23H30N4O5S/c1-5-32-17-11-9-16(10-12-17)24-20(19-21(29)25(3)23(31)26(4)22(19)30)33-14-18(28)27-13-7-6-8-15(27)2/h9-12,15,29H,5-8,13-14H2,1-4H3. The summed E-state index contributed by atoms with van der Waals surface area (Å²) in [6.07, 6.45) is 3.03. The molecule has 0 bridgehead atoms. The third kappa shape index (κ3) is 5.50. The SMILES string of the molecule is CCOc1ccc(N=C(SCC(=O)N2CCCCC2C)c2c(O)n(C)c(=O)n(C)c2=O)cc1. The zero-order valence-corrected chi connectivity index (χ0v) is 20.2. The number of benzene rings is 1. The zero-order valence-electron chi connectivity index (χ0n) is 19.4. The molecule has 1 atom stereocenters. The van der Waals surface area contributed by atoms with E-state index < -0.39 is 17.1 Å². The van der Waals surface area contributed by atoms with Crippen LogP contribution in [0.5, 0.6) is 11.6 Å². The monoisotopic (exact) mass is 474 g/mol. The van der Waals surface area contributed by atoms with Crippen molar-refractivity contribution >= 4 is 28.4 Å². The Labute approximate surface area is 196 Å². The zero-order chi connectivity index (χ0) is 24.1. The van der Waals surface area contributed by atoms with E-state index in [1.807, 2.05) is 18.7 Å². The van der Waals surface area contributed by atoms with Gasteiger partial charge in [-0.05, 0) is 57.4 Å². The van der Waals surface area contributed by atoms with Gasteiger partial charge in [-0.1, -0.05) is 11.8 Å². The maximum atomic E-state index is 12.9. The van der Waals surface area contributed by atoms with E-state index >= 15 is 0 Å². The van der Waals surface area contributed by atoms with Crippen LogP contribution in [0.25, 0.3) is 0 Å². The summed E-state index contributed by atoms with van der Waals surface area (Å²) >= 11 is 1.08. The quantitative estimate of drug-likeness (QED) is 0.509. The molecule has 0 saturated carbocycles. The van der Waals surface area contributed by atoms with Gasteiger partial charge >= 0.3 is 5.69 Å². The second-order valence-electron chi connectivity index (χ2n) is 7.97. The molecule has 2 heterocycles. The van der Waals surface area contributed by atoms with Crippen LogP contribution < -0.4 is 16.0 Å². The van der Waals surface area contributed by atoms with Crippen LogP contribution in [0.4, 0.5) is 5.69 Å². The first kappa shape index (κ1) is 24.6. The molecular formula is C23H30N4O5S. The Morgan fingerprint density at radius 3 is 2.52 bits per heavy atom. The number of hydrogen-bond acceptors (Lipinski definition) is 7. The first-order valence-corrected chi connectivity index (χ1v) is 12.0. The van der Waals surface area contributed by atoms with Gasteiger partial charge in [0.25, 0.3) is 5.56 Å². The molecule has 1 unspecified atom stereocenters. The van der Waals surface area contributed by atoms with Gasteiger partial charge in [-0.25, -0.2) is 9.79 Å². The van der Waals surface area contributed by atoms with Crippen molar-refractivity contribution in [2.75, 3.05) is 18.9 Å². The van der Waals surface area contributed by atoms with E-state index in [4.69, 9.17) is 4.74 Å². The summed E-state index contributed by atoms with van der Waals surface area (Å²) in [5.74, 6) is 0.207. The maximum absolute atomic E-state index is 12.9. The number of rotatable bonds is 6. The smallest absolute Gasteiger partial charge is 0.333 e. The molecule has 1 amide bonds. The van der Waals surface area contributed by atoms with Gasteiger partial charge in [0.05, 0.1) is 18.0 Å². The Hall–Kier alpha value is -3.01. The first-order chi connectivity index (χ1) is 15.7. The Morgan fingerprint density at radius 1 is 1.18 bits per heavy atom. The molecule has 0 spiro atoms. The molecule has 9 nitrogen and oxygen atoms in total. The highest BCUT2D eigenvalue weighted by atomic mass is 32.2. The minimum Gasteiger partial charge on any atom is -0.494 e. The molecule has 1 aliphatic heterocycles. The van der Waals surface area contributed by atoms with Gasteiger partial charge in [0.2, 0.25) is 11.8 Å². The lowest BCUT2D eigenvalue weighted by atomic mass is 10.0. The van der Waals surface area contributed by atoms with Crippen LogP contribution in [0, 0.1) is 0 Å². The molecule has 2 aromatic rings. The van der Waals surface area contributed by atoms with Crippen LogP contribution in [0.15, 0.2) is 38.8 Å². The van der Waals surface area contributed by atoms with E-state index in [0.29, 0.717) is 24.6 Å². The molecular weight excluding hydrogens is 444 g/mol. The van der Waals surface area contributed by atoms with Gasteiger partial charge in [-0.3, -0.25) is 18.7 Å². The summed E-state index contributed by atoms with van der Waals surface area (Å²) in [5.41, 5.74) is -0.913. The third-order valence-corrected chi connectivity index (χ3v) is 6.64. The highest BCUT2D eigenvalue weighted by Crippen LogP contribution is 2.26. The van der Waals surface area contributed by atoms with Crippen molar-refractivity contribution in [3.05, 3.63) is 50.7 Å². The number of carbonyl (C=O) groups is 1. The van der Waals surface area contributed by atoms with E-state index in [1.165, 1.54) is 14.1 Å². The van der Waals surface area contributed by atoms with Crippen molar-refractivity contribution in [3.63, 3.8) is 0 Å². The lowest BCUT2D eigenvalue weighted by Crippen LogP contribution is -2.43. The van der Waals surface area contributed by atoms with Gasteiger partial charge in [0, 0.05) is 26.7 Å². The number of carbonyl (C=O) groups excluding carboxylic acids is 1. The van der Waals surface area contributed by atoms with Crippen LogP contribution in [-0.2, 0) is 18.9 Å². The summed E-state index contributed by atoms with van der Waals surface area (Å²) in [5, 5.41) is 10.8. The number of aliphatic imine (C=N–C) groups is 1. The summed E-state index contributed by atoms with van der Waals surface area (Å²) in [4.78, 5) is 44.4. The normalized spacial score (nSPS) is 16.7. The molecule has 1 aromatic carbocycles. The lowest BCUT2D eigenvalue weighted by molar-refractivity contribution is -0.131. The minimum atomic E-state index is -0.674. The average Bonchev–Trinajstić information content (AvgIpc) is 2.81. The number of ether oxygens (including phenoxy) is 1. The topological polar surface area (TPSA) is 106 Å². The van der Waals surface area contributed by atoms with E-state index in [9.17, 15) is 19.5 Å². The van der Waals surface area contributed by atoms with Crippen LogP contribution >= 0.6 is 11.8 Å². The largest absolute Gasteiger partial charge is 0.494 e. The van der Waals surface area contributed by atoms with E-state index in [-0.39, 0.29) is 28.3 Å². The lowest BCUT2D eigenvalue weighted by Gasteiger charge is -2.33. The highest BCUT2D eigenvalue weighted by molar-refractivity contribution is 8.15. The summed E-state index contributed by atoms with van der Waals surface area (Å²) < 4.78 is 7.35. The number of nitrogens with zero attached hydrogens (tertiary/aromatic N) is 4. The van der Waals surface area contributed by atoms with Crippen LogP contribution in [0.3, 0.4) is 0 Å². The molecule has 0 radical (unpaired) electrons. The van der Waals surface area contributed by atoms with Crippen LogP contribution in [0.1, 0.15) is 38.7 Å². The summed E-state index contributed by atoms with van der Waals surface area (Å²) in [7, 11) is 2.72. The number of likely N-dealkylation sites (tertiary alicyclic amines) is 1. The van der Waals surface area contributed by atoms with E-state index in [1.54, 1.807) is 24.3 Å². The molecule has 178 valence electrons. The molecule has 1 aliphatic rings. The van der Waals surface area contributed by atoms with Gasteiger partial charge in [-0.15, -0.1) is 0 Å². The van der Waals surface area contributed by atoms with Crippen molar-refractivity contribution in [3.8, 4) is 11.6 Å². The number of thioether (sulfide) groups is 1. The van der Waals surface area contributed by atoms with Crippen LogP contribution in [0.2, 0.25) is 0 Å². The molecule has 1 fully saturated rings. The van der Waals surface area contributed by atoms with Crippen molar-refractivity contribution in [2.45, 2.75) is 39.2 Å². The molecule has 33 heavy (non-hydrogen) atoms. The second-order valence-corrected chi connectivity index (χ2v) is 8.93. The van der Waals surface area contributed by atoms with Crippen molar-refractivity contribution in [2.24, 2.45) is 19.1 Å². The molecule has 1 saturated heterocycles. The van der Waals surface area contributed by atoms with E-state index in [2.05, 4.69) is 4.99 Å². The fourth-order valence-corrected chi connectivity index (χ4v) is 4.68. The van der Waals surface area contributed by atoms with Gasteiger partial charge in [0.1, 0.15) is 16.4 Å². The predicted molar refractivity (Wildman–Crippen MR) is 130 cm³/mol. The highest BCUT2D eigenvalue weighted by Gasteiger charge is 2.26. The Morgan fingerprint density at radius 2 is 1.88 bits per heavy atom. The fourth-order valence-electron chi connectivity index (χ4n) is 3.76. The Kier molecular flexibility index (Phi) is 8.01. The first-order valence-electron chi connectivity index (χ1n) is 11.0. The van der Waals surface area contributed by atoms with Gasteiger partial charge in [0.15, 0.2) is 0 Å². The van der Waals surface area contributed by atoms with Crippen molar-refractivity contribution < 1.29 is 14.6 Å². The average molecular weight is 475 g/mol. The molecule has 0 aliphatic carbocycles. The number of amides is 1. The van der Waals surface area contributed by atoms with Gasteiger partial charge in [-0.2, -0.15) is 0 Å². The third-order valence-electron chi connectivity index (χ3n) is 5.68. The Bertz CT molecular complexity index is 1150. The fraction of sp³-hybridized carbons (Fsp3) is 0.478. The minimum absolute atomic E-state index is 0.0484. The van der Waals surface area contributed by atoms with Gasteiger partial charge < -0.3 is 14.7 Å². The molecule has 3 rings (SSSR count). The molecule has 10 heteroatoms. The van der Waals surface area contributed by atoms with Crippen molar-refractivity contribution in [1.29, 1.82) is 0 Å². The molecule has 1 N–H and O–H groups in total. The van der Waals surface area contributed by atoms with E-state index in [0.717, 1.165) is 40.2 Å². The summed E-state index contributed by atoms with van der Waals surface area (Å²) in [6, 6.07) is 7.12. The summed E-state index contributed by atoms with van der Waals surface area (Å²) in [6.45, 7) is 5.16. The number of aromatic hydroxyl groups is 1. The maximum Gasteiger partial charge on any atom is 0.333 e. The Balaban J connectivity index is 1.99. The molecule has 1 aromatic heterocycles. The predicted octanol–water partition coefficient (Wildman–Crippen LogP) is 2.40.